The van der Waals surface area contributed by atoms with Gasteiger partial charge in [-0.3, -0.25) is 4.79 Å². The van der Waals surface area contributed by atoms with E-state index in [-0.39, 0.29) is 18.4 Å². The quantitative estimate of drug-likeness (QED) is 0.610. The molecule has 0 aliphatic heterocycles. The third kappa shape index (κ3) is 5.33. The second-order valence-electron chi connectivity index (χ2n) is 6.21. The van der Waals surface area contributed by atoms with Gasteiger partial charge in [0.25, 0.3) is 5.91 Å². The average Bonchev–Trinajstić information content (AvgIpc) is 2.58. The molecule has 132 valence electrons. The first-order valence-corrected chi connectivity index (χ1v) is 8.57. The fraction of sp³-hybridized carbons (Fsp3) is 0.300. The van der Waals surface area contributed by atoms with Crippen LogP contribution in [0, 0.1) is 19.8 Å². The van der Waals surface area contributed by atoms with E-state index >= 15 is 0 Å². The van der Waals surface area contributed by atoms with E-state index in [2.05, 4.69) is 10.5 Å². The van der Waals surface area contributed by atoms with Gasteiger partial charge in [0.1, 0.15) is 5.75 Å². The molecule has 0 aliphatic carbocycles. The van der Waals surface area contributed by atoms with Crippen molar-refractivity contribution in [1.82, 2.24) is 5.43 Å². The highest BCUT2D eigenvalue weighted by atomic mass is 35.5. The lowest BCUT2D eigenvalue weighted by Crippen LogP contribution is -2.27. The molecular formula is C20H23ClN2O2. The third-order valence-electron chi connectivity index (χ3n) is 3.70. The van der Waals surface area contributed by atoms with Crippen LogP contribution in [0.5, 0.6) is 5.75 Å². The summed E-state index contributed by atoms with van der Waals surface area (Å²) >= 11 is 6.13. The van der Waals surface area contributed by atoms with Gasteiger partial charge in [-0.2, -0.15) is 5.10 Å². The van der Waals surface area contributed by atoms with Crippen LogP contribution < -0.4 is 10.2 Å². The molecule has 0 atom stereocenters. The van der Waals surface area contributed by atoms with Crippen molar-refractivity contribution in [3.8, 4) is 5.75 Å². The van der Waals surface area contributed by atoms with E-state index in [9.17, 15) is 4.79 Å². The molecule has 2 aromatic carbocycles. The first-order valence-electron chi connectivity index (χ1n) is 8.20. The van der Waals surface area contributed by atoms with Crippen LogP contribution in [-0.4, -0.2) is 18.2 Å². The van der Waals surface area contributed by atoms with Crippen LogP contribution in [0.3, 0.4) is 0 Å². The topological polar surface area (TPSA) is 50.7 Å². The number of rotatable bonds is 6. The van der Waals surface area contributed by atoms with Crippen molar-refractivity contribution < 1.29 is 9.53 Å². The normalized spacial score (nSPS) is 11.5. The van der Waals surface area contributed by atoms with Gasteiger partial charge in [0.05, 0.1) is 5.71 Å². The molecule has 0 unspecified atom stereocenters. The molecule has 0 saturated carbocycles. The smallest absolute Gasteiger partial charge is 0.277 e. The Labute approximate surface area is 153 Å². The van der Waals surface area contributed by atoms with E-state index in [1.165, 1.54) is 0 Å². The summed E-state index contributed by atoms with van der Waals surface area (Å²) in [5.41, 5.74) is 6.22. The Hall–Kier alpha value is -2.33. The summed E-state index contributed by atoms with van der Waals surface area (Å²) in [4.78, 5) is 12.0. The zero-order valence-electron chi connectivity index (χ0n) is 15.0. The highest BCUT2D eigenvalue weighted by molar-refractivity contribution is 6.32. The van der Waals surface area contributed by atoms with E-state index in [1.54, 1.807) is 0 Å². The summed E-state index contributed by atoms with van der Waals surface area (Å²) in [5, 5.41) is 4.98. The summed E-state index contributed by atoms with van der Waals surface area (Å²) in [6.07, 6.45) is 0. The fourth-order valence-electron chi connectivity index (χ4n) is 2.43. The summed E-state index contributed by atoms with van der Waals surface area (Å²) in [5.74, 6) is 0.496. The lowest BCUT2D eigenvalue weighted by molar-refractivity contribution is -0.123. The predicted molar refractivity (Wildman–Crippen MR) is 102 cm³/mol. The Balaban J connectivity index is 1.99. The Bertz CT molecular complexity index is 748. The van der Waals surface area contributed by atoms with Crippen molar-refractivity contribution in [2.24, 2.45) is 11.0 Å². The number of carbonyl (C=O) groups is 1. The summed E-state index contributed by atoms with van der Waals surface area (Å²) in [6.45, 7) is 7.77. The average molecular weight is 359 g/mol. The summed E-state index contributed by atoms with van der Waals surface area (Å²) in [6, 6.07) is 13.4. The molecule has 0 aliphatic rings. The highest BCUT2D eigenvalue weighted by Crippen LogP contribution is 2.25. The molecule has 2 rings (SSSR count). The molecule has 0 saturated heterocycles. The van der Waals surface area contributed by atoms with Crippen molar-refractivity contribution >= 4 is 23.2 Å². The Morgan fingerprint density at radius 1 is 1.16 bits per heavy atom. The first kappa shape index (κ1) is 19.0. The van der Waals surface area contributed by atoms with Crippen LogP contribution in [0.1, 0.15) is 30.5 Å². The zero-order valence-corrected chi connectivity index (χ0v) is 15.7. The molecule has 0 radical (unpaired) electrons. The summed E-state index contributed by atoms with van der Waals surface area (Å²) < 4.78 is 5.54. The lowest BCUT2D eigenvalue weighted by Gasteiger charge is -2.12. The van der Waals surface area contributed by atoms with E-state index in [4.69, 9.17) is 16.3 Å². The van der Waals surface area contributed by atoms with Gasteiger partial charge >= 0.3 is 0 Å². The molecule has 0 spiro atoms. The van der Waals surface area contributed by atoms with Crippen LogP contribution >= 0.6 is 11.6 Å². The minimum absolute atomic E-state index is 0.107. The van der Waals surface area contributed by atoms with Crippen LogP contribution in [0.15, 0.2) is 47.6 Å². The molecule has 0 bridgehead atoms. The monoisotopic (exact) mass is 358 g/mol. The maximum Gasteiger partial charge on any atom is 0.277 e. The molecule has 0 fully saturated rings. The van der Waals surface area contributed by atoms with E-state index in [0.717, 1.165) is 22.4 Å². The molecular weight excluding hydrogens is 336 g/mol. The predicted octanol–water partition coefficient (Wildman–Crippen LogP) is 4.51. The van der Waals surface area contributed by atoms with Gasteiger partial charge in [0, 0.05) is 5.02 Å². The molecule has 0 heterocycles. The largest absolute Gasteiger partial charge is 0.484 e. The number of benzene rings is 2. The number of hydrogen-bond donors (Lipinski definition) is 1. The first-order chi connectivity index (χ1) is 11.9. The number of ether oxygens (including phenoxy) is 1. The number of nitrogens with zero attached hydrogens (tertiary/aromatic N) is 1. The Morgan fingerprint density at radius 3 is 2.32 bits per heavy atom. The van der Waals surface area contributed by atoms with Crippen molar-refractivity contribution in [2.75, 3.05) is 6.61 Å². The fourth-order valence-corrected chi connectivity index (χ4v) is 2.54. The molecule has 25 heavy (non-hydrogen) atoms. The molecule has 4 nitrogen and oxygen atoms in total. The van der Waals surface area contributed by atoms with Crippen molar-refractivity contribution in [1.29, 1.82) is 0 Å². The molecule has 1 N–H and O–H groups in total. The van der Waals surface area contributed by atoms with Gasteiger partial charge in [-0.25, -0.2) is 5.43 Å². The number of hydrogen-bond acceptors (Lipinski definition) is 3. The number of amides is 1. The lowest BCUT2D eigenvalue weighted by atomic mass is 10.0. The van der Waals surface area contributed by atoms with Gasteiger partial charge in [0.2, 0.25) is 0 Å². The Kier molecular flexibility index (Phi) is 6.59. The molecule has 5 heteroatoms. The number of aryl methyl sites for hydroxylation is 2. The maximum absolute atomic E-state index is 12.0. The molecule has 1 amide bonds. The van der Waals surface area contributed by atoms with Crippen molar-refractivity contribution in [2.45, 2.75) is 27.7 Å². The van der Waals surface area contributed by atoms with Crippen LogP contribution in [0.4, 0.5) is 0 Å². The Morgan fingerprint density at radius 2 is 1.76 bits per heavy atom. The van der Waals surface area contributed by atoms with Gasteiger partial charge in [0.15, 0.2) is 6.61 Å². The van der Waals surface area contributed by atoms with Crippen LogP contribution in [0.25, 0.3) is 0 Å². The third-order valence-corrected chi connectivity index (χ3v) is 4.29. The van der Waals surface area contributed by atoms with Crippen LogP contribution in [-0.2, 0) is 4.79 Å². The second-order valence-corrected chi connectivity index (χ2v) is 6.59. The van der Waals surface area contributed by atoms with Crippen LogP contribution in [0.2, 0.25) is 5.02 Å². The molecule has 2 aromatic rings. The van der Waals surface area contributed by atoms with Gasteiger partial charge in [-0.05, 0) is 48.6 Å². The number of halogens is 1. The zero-order chi connectivity index (χ0) is 18.4. The second kappa shape index (κ2) is 8.67. The van der Waals surface area contributed by atoms with Gasteiger partial charge in [-0.1, -0.05) is 55.8 Å². The standard InChI is InChI=1S/C20H23ClN2O2/c1-13(2)20(16-8-6-5-7-9-16)23-22-18(24)12-25-17-10-14(3)19(21)15(4)11-17/h5-11,13H,12H2,1-4H3,(H,22,24)/b23-20+. The summed E-state index contributed by atoms with van der Waals surface area (Å²) in [7, 11) is 0. The van der Waals surface area contributed by atoms with Gasteiger partial charge < -0.3 is 4.74 Å². The minimum atomic E-state index is -0.306. The number of hydrazone groups is 1. The van der Waals surface area contributed by atoms with E-state index < -0.39 is 0 Å². The van der Waals surface area contributed by atoms with Crippen molar-refractivity contribution in [3.05, 3.63) is 64.2 Å². The number of nitrogens with one attached hydrogen (secondary N) is 1. The maximum atomic E-state index is 12.0. The molecule has 0 aromatic heterocycles. The van der Waals surface area contributed by atoms with Gasteiger partial charge in [-0.15, -0.1) is 0 Å². The van der Waals surface area contributed by atoms with E-state index in [0.29, 0.717) is 10.8 Å². The number of carbonyl (C=O) groups excluding carboxylic acids is 1. The van der Waals surface area contributed by atoms with E-state index in [1.807, 2.05) is 70.2 Å². The SMILES string of the molecule is Cc1cc(OCC(=O)N/N=C(/c2ccccc2)C(C)C)cc(C)c1Cl. The minimum Gasteiger partial charge on any atom is -0.484 e. The van der Waals surface area contributed by atoms with Crippen molar-refractivity contribution in [3.63, 3.8) is 0 Å². The highest BCUT2D eigenvalue weighted by Gasteiger charge is 2.10.